The van der Waals surface area contributed by atoms with E-state index in [-0.39, 0.29) is 11.7 Å². The van der Waals surface area contributed by atoms with E-state index in [1.165, 1.54) is 11.8 Å². The number of thioether (sulfide) groups is 1. The molecule has 8 nitrogen and oxygen atoms in total. The lowest BCUT2D eigenvalue weighted by atomic mass is 10.2. The molecule has 0 fully saturated rings. The minimum absolute atomic E-state index is 0.0949. The second-order valence-corrected chi connectivity index (χ2v) is 8.09. The minimum Gasteiger partial charge on any atom is -0.494 e. The highest BCUT2D eigenvalue weighted by Gasteiger charge is 2.16. The standard InChI is InChI=1S/C22H28N6O2S/c1-4-30-19-8-6-18(7-9-19)24-20(29)16-31-22-26-25-21(17-10-12-23-13-11-17)28(22)15-5-14-27(2)3/h6-13H,4-5,14-16H2,1-3H3,(H,24,29). The van der Waals surface area contributed by atoms with E-state index in [9.17, 15) is 4.79 Å². The molecule has 0 atom stereocenters. The quantitative estimate of drug-likeness (QED) is 0.457. The van der Waals surface area contributed by atoms with Crippen molar-refractivity contribution in [2.75, 3.05) is 38.3 Å². The number of rotatable bonds is 11. The molecule has 1 aromatic carbocycles. The number of hydrogen-bond donors (Lipinski definition) is 1. The number of benzene rings is 1. The maximum atomic E-state index is 12.5. The molecule has 0 saturated heterocycles. The summed E-state index contributed by atoms with van der Waals surface area (Å²) in [5.41, 5.74) is 1.69. The largest absolute Gasteiger partial charge is 0.494 e. The smallest absolute Gasteiger partial charge is 0.234 e. The van der Waals surface area contributed by atoms with E-state index >= 15 is 0 Å². The van der Waals surface area contributed by atoms with Crippen LogP contribution in [-0.4, -0.2) is 63.6 Å². The Kier molecular flexibility index (Phi) is 8.43. The zero-order valence-electron chi connectivity index (χ0n) is 18.1. The van der Waals surface area contributed by atoms with Gasteiger partial charge in [-0.3, -0.25) is 9.78 Å². The number of carbonyl (C=O) groups is 1. The van der Waals surface area contributed by atoms with Gasteiger partial charge in [-0.05, 0) is 70.4 Å². The summed E-state index contributed by atoms with van der Waals surface area (Å²) in [6.45, 7) is 4.27. The van der Waals surface area contributed by atoms with Crippen molar-refractivity contribution in [2.45, 2.75) is 25.0 Å². The van der Waals surface area contributed by atoms with Crippen LogP contribution in [0.25, 0.3) is 11.4 Å². The van der Waals surface area contributed by atoms with Crippen LogP contribution in [0.3, 0.4) is 0 Å². The Morgan fingerprint density at radius 1 is 1.13 bits per heavy atom. The van der Waals surface area contributed by atoms with Gasteiger partial charge in [-0.25, -0.2) is 0 Å². The van der Waals surface area contributed by atoms with E-state index in [0.29, 0.717) is 6.61 Å². The third-order valence-electron chi connectivity index (χ3n) is 4.42. The lowest BCUT2D eigenvalue weighted by molar-refractivity contribution is -0.113. The fourth-order valence-corrected chi connectivity index (χ4v) is 3.75. The fourth-order valence-electron chi connectivity index (χ4n) is 2.98. The Bertz CT molecular complexity index is 960. The van der Waals surface area contributed by atoms with E-state index < -0.39 is 0 Å². The normalized spacial score (nSPS) is 11.0. The number of amides is 1. The molecule has 3 rings (SSSR count). The molecule has 2 heterocycles. The second-order valence-electron chi connectivity index (χ2n) is 7.14. The Morgan fingerprint density at radius 2 is 1.87 bits per heavy atom. The summed E-state index contributed by atoms with van der Waals surface area (Å²) in [5, 5.41) is 12.4. The predicted molar refractivity (Wildman–Crippen MR) is 123 cm³/mol. The number of pyridine rings is 1. The zero-order chi connectivity index (χ0) is 22.1. The molecule has 2 aromatic heterocycles. The van der Waals surface area contributed by atoms with Crippen LogP contribution in [0.15, 0.2) is 53.9 Å². The van der Waals surface area contributed by atoms with E-state index in [2.05, 4.69) is 44.1 Å². The van der Waals surface area contributed by atoms with Gasteiger partial charge in [-0.2, -0.15) is 0 Å². The topological polar surface area (TPSA) is 85.2 Å². The summed E-state index contributed by atoms with van der Waals surface area (Å²) in [4.78, 5) is 18.7. The van der Waals surface area contributed by atoms with Gasteiger partial charge in [-0.1, -0.05) is 11.8 Å². The van der Waals surface area contributed by atoms with Gasteiger partial charge >= 0.3 is 0 Å². The Hall–Kier alpha value is -2.91. The maximum Gasteiger partial charge on any atom is 0.234 e. The molecular formula is C22H28N6O2S. The summed E-state index contributed by atoms with van der Waals surface area (Å²) >= 11 is 1.38. The molecular weight excluding hydrogens is 412 g/mol. The number of aromatic nitrogens is 4. The molecule has 0 aliphatic carbocycles. The molecule has 1 N–H and O–H groups in total. The van der Waals surface area contributed by atoms with E-state index in [1.54, 1.807) is 12.4 Å². The highest BCUT2D eigenvalue weighted by atomic mass is 32.2. The van der Waals surface area contributed by atoms with Crippen molar-refractivity contribution < 1.29 is 9.53 Å². The fraction of sp³-hybridized carbons (Fsp3) is 0.364. The highest BCUT2D eigenvalue weighted by Crippen LogP contribution is 2.24. The predicted octanol–water partition coefficient (Wildman–Crippen LogP) is 3.42. The maximum absolute atomic E-state index is 12.5. The zero-order valence-corrected chi connectivity index (χ0v) is 18.9. The number of carbonyl (C=O) groups excluding carboxylic acids is 1. The van der Waals surface area contributed by atoms with Gasteiger partial charge in [0.05, 0.1) is 12.4 Å². The lowest BCUT2D eigenvalue weighted by Crippen LogP contribution is -2.16. The van der Waals surface area contributed by atoms with Gasteiger partial charge in [0, 0.05) is 30.2 Å². The van der Waals surface area contributed by atoms with Crippen molar-refractivity contribution in [1.82, 2.24) is 24.6 Å². The number of nitrogens with one attached hydrogen (secondary N) is 1. The molecule has 0 radical (unpaired) electrons. The molecule has 0 aliphatic heterocycles. The van der Waals surface area contributed by atoms with Crippen LogP contribution in [0.4, 0.5) is 5.69 Å². The number of nitrogens with zero attached hydrogens (tertiary/aromatic N) is 5. The molecule has 0 spiro atoms. The molecule has 0 unspecified atom stereocenters. The average Bonchev–Trinajstić information content (AvgIpc) is 3.17. The van der Waals surface area contributed by atoms with Crippen LogP contribution in [0.5, 0.6) is 5.75 Å². The van der Waals surface area contributed by atoms with Gasteiger partial charge in [0.2, 0.25) is 5.91 Å². The van der Waals surface area contributed by atoms with Gasteiger partial charge in [0.1, 0.15) is 5.75 Å². The molecule has 1 amide bonds. The van der Waals surface area contributed by atoms with Crippen LogP contribution in [0.1, 0.15) is 13.3 Å². The molecule has 164 valence electrons. The number of hydrogen-bond acceptors (Lipinski definition) is 7. The van der Waals surface area contributed by atoms with Crippen LogP contribution in [0, 0.1) is 0 Å². The Balaban J connectivity index is 1.65. The molecule has 0 bridgehead atoms. The van der Waals surface area contributed by atoms with Crippen LogP contribution in [-0.2, 0) is 11.3 Å². The molecule has 0 aliphatic rings. The first kappa shape index (κ1) is 22.8. The average molecular weight is 441 g/mol. The van der Waals surface area contributed by atoms with E-state index in [4.69, 9.17) is 4.74 Å². The first-order valence-corrected chi connectivity index (χ1v) is 11.2. The van der Waals surface area contributed by atoms with Crippen LogP contribution in [0.2, 0.25) is 0 Å². The SMILES string of the molecule is CCOc1ccc(NC(=O)CSc2nnc(-c3ccncc3)n2CCCN(C)C)cc1. The van der Waals surface area contributed by atoms with E-state index in [1.807, 2.05) is 43.3 Å². The Labute approximate surface area is 187 Å². The van der Waals surface area contributed by atoms with Crippen molar-refractivity contribution in [3.8, 4) is 17.1 Å². The lowest BCUT2D eigenvalue weighted by Gasteiger charge is -2.13. The van der Waals surface area contributed by atoms with Gasteiger partial charge < -0.3 is 19.5 Å². The Morgan fingerprint density at radius 3 is 2.55 bits per heavy atom. The second kappa shape index (κ2) is 11.5. The van der Waals surface area contributed by atoms with Crippen molar-refractivity contribution in [3.63, 3.8) is 0 Å². The summed E-state index contributed by atoms with van der Waals surface area (Å²) in [6, 6.07) is 11.2. The molecule has 9 heteroatoms. The summed E-state index contributed by atoms with van der Waals surface area (Å²) in [6.07, 6.45) is 4.44. The van der Waals surface area contributed by atoms with Crippen LogP contribution < -0.4 is 10.1 Å². The highest BCUT2D eigenvalue weighted by molar-refractivity contribution is 7.99. The number of ether oxygens (including phenoxy) is 1. The molecule has 31 heavy (non-hydrogen) atoms. The summed E-state index contributed by atoms with van der Waals surface area (Å²) < 4.78 is 7.51. The minimum atomic E-state index is -0.0949. The first-order valence-electron chi connectivity index (χ1n) is 10.2. The van der Waals surface area contributed by atoms with Gasteiger partial charge in [0.15, 0.2) is 11.0 Å². The monoisotopic (exact) mass is 440 g/mol. The van der Waals surface area contributed by atoms with Gasteiger partial charge in [0.25, 0.3) is 0 Å². The molecule has 0 saturated carbocycles. The van der Waals surface area contributed by atoms with Crippen molar-refractivity contribution in [3.05, 3.63) is 48.8 Å². The van der Waals surface area contributed by atoms with Crippen LogP contribution >= 0.6 is 11.8 Å². The van der Waals surface area contributed by atoms with Crippen molar-refractivity contribution in [1.29, 1.82) is 0 Å². The van der Waals surface area contributed by atoms with E-state index in [0.717, 1.165) is 47.5 Å². The summed E-state index contributed by atoms with van der Waals surface area (Å²) in [5.74, 6) is 1.72. The molecule has 3 aromatic rings. The first-order chi connectivity index (χ1) is 15.1. The third kappa shape index (κ3) is 6.80. The third-order valence-corrected chi connectivity index (χ3v) is 5.39. The van der Waals surface area contributed by atoms with Gasteiger partial charge in [-0.15, -0.1) is 10.2 Å². The van der Waals surface area contributed by atoms with Crippen molar-refractivity contribution >= 4 is 23.4 Å². The summed E-state index contributed by atoms with van der Waals surface area (Å²) in [7, 11) is 4.10. The number of anilines is 1. The van der Waals surface area contributed by atoms with Crippen molar-refractivity contribution in [2.24, 2.45) is 0 Å².